The van der Waals surface area contributed by atoms with Crippen molar-refractivity contribution < 1.29 is 19.1 Å². The third kappa shape index (κ3) is 5.87. The van der Waals surface area contributed by atoms with Crippen LogP contribution in [0.4, 0.5) is 11.4 Å². The summed E-state index contributed by atoms with van der Waals surface area (Å²) < 4.78 is 5.47. The molecule has 1 aliphatic heterocycles. The Balaban J connectivity index is 1.34. The Labute approximate surface area is 205 Å². The number of anilines is 2. The molecule has 0 aromatic heterocycles. The van der Waals surface area contributed by atoms with Crippen molar-refractivity contribution in [2.45, 2.75) is 26.3 Å². The summed E-state index contributed by atoms with van der Waals surface area (Å²) in [5, 5.41) is 5.58. The molecule has 7 heteroatoms. The average molecular weight is 472 g/mol. The molecule has 0 spiro atoms. The van der Waals surface area contributed by atoms with Crippen LogP contribution < -0.4 is 20.3 Å². The second-order valence-electron chi connectivity index (χ2n) is 8.79. The fraction of sp³-hybridized carbons (Fsp3) is 0.250. The van der Waals surface area contributed by atoms with Gasteiger partial charge in [0.25, 0.3) is 11.8 Å². The van der Waals surface area contributed by atoms with Crippen LogP contribution in [0.15, 0.2) is 78.9 Å². The maximum atomic E-state index is 13.0. The summed E-state index contributed by atoms with van der Waals surface area (Å²) in [5.41, 5.74) is 3.21. The number of hydrogen-bond acceptors (Lipinski definition) is 4. The van der Waals surface area contributed by atoms with Crippen LogP contribution in [0.3, 0.4) is 0 Å². The molecule has 4 rings (SSSR count). The maximum absolute atomic E-state index is 13.0. The highest BCUT2D eigenvalue weighted by Crippen LogP contribution is 2.29. The molecule has 0 bridgehead atoms. The van der Waals surface area contributed by atoms with E-state index in [2.05, 4.69) is 10.6 Å². The van der Waals surface area contributed by atoms with Crippen LogP contribution in [-0.4, -0.2) is 36.9 Å². The van der Waals surface area contributed by atoms with E-state index in [0.717, 1.165) is 12.1 Å². The lowest BCUT2D eigenvalue weighted by Crippen LogP contribution is -2.48. The van der Waals surface area contributed by atoms with Gasteiger partial charge in [0.1, 0.15) is 11.8 Å². The Hall–Kier alpha value is -4.13. The number of benzene rings is 3. The summed E-state index contributed by atoms with van der Waals surface area (Å²) in [7, 11) is 0. The van der Waals surface area contributed by atoms with E-state index in [9.17, 15) is 14.4 Å². The molecule has 1 heterocycles. The molecule has 1 unspecified atom stereocenters. The minimum absolute atomic E-state index is 0.0708. The summed E-state index contributed by atoms with van der Waals surface area (Å²) in [5.74, 6) is -0.333. The first kappa shape index (κ1) is 24.0. The predicted octanol–water partition coefficient (Wildman–Crippen LogP) is 4.05. The van der Waals surface area contributed by atoms with Crippen LogP contribution in [0.5, 0.6) is 5.75 Å². The summed E-state index contributed by atoms with van der Waals surface area (Å²) in [6.45, 7) is 4.19. The lowest BCUT2D eigenvalue weighted by Gasteiger charge is -2.22. The molecular weight excluding hydrogens is 442 g/mol. The zero-order chi connectivity index (χ0) is 24.8. The second kappa shape index (κ2) is 10.9. The van der Waals surface area contributed by atoms with Crippen molar-refractivity contribution >= 4 is 29.1 Å². The van der Waals surface area contributed by atoms with Crippen molar-refractivity contribution in [3.05, 3.63) is 90.0 Å². The monoisotopic (exact) mass is 471 g/mol. The van der Waals surface area contributed by atoms with Crippen molar-refractivity contribution in [3.63, 3.8) is 0 Å². The molecule has 0 saturated heterocycles. The number of para-hydroxylation sites is 2. The Bertz CT molecular complexity index is 1190. The Morgan fingerprint density at radius 2 is 1.60 bits per heavy atom. The summed E-state index contributed by atoms with van der Waals surface area (Å²) in [4.78, 5) is 40.0. The van der Waals surface area contributed by atoms with Gasteiger partial charge in [0.05, 0.1) is 0 Å². The quantitative estimate of drug-likeness (QED) is 0.519. The fourth-order valence-electron chi connectivity index (χ4n) is 4.04. The van der Waals surface area contributed by atoms with Gasteiger partial charge in [-0.15, -0.1) is 0 Å². The molecule has 1 atom stereocenters. The molecule has 0 saturated carbocycles. The van der Waals surface area contributed by atoms with Crippen molar-refractivity contribution in [1.29, 1.82) is 0 Å². The third-order valence-corrected chi connectivity index (χ3v) is 5.91. The molecular formula is C28H29N3O4. The number of nitrogens with one attached hydrogen (secondary N) is 2. The molecule has 35 heavy (non-hydrogen) atoms. The number of nitrogens with zero attached hydrogens (tertiary/aromatic N) is 1. The van der Waals surface area contributed by atoms with Crippen LogP contribution in [-0.2, 0) is 16.0 Å². The van der Waals surface area contributed by atoms with Crippen molar-refractivity contribution in [2.24, 2.45) is 5.92 Å². The minimum Gasteiger partial charge on any atom is -0.484 e. The van der Waals surface area contributed by atoms with Gasteiger partial charge >= 0.3 is 0 Å². The van der Waals surface area contributed by atoms with E-state index in [1.165, 1.54) is 5.56 Å². The highest BCUT2D eigenvalue weighted by Gasteiger charge is 2.26. The van der Waals surface area contributed by atoms with Crippen LogP contribution in [0, 0.1) is 5.92 Å². The lowest BCUT2D eigenvalue weighted by atomic mass is 10.0. The number of carbonyl (C=O) groups excluding carboxylic acids is 3. The molecule has 1 aliphatic rings. The van der Waals surface area contributed by atoms with Crippen LogP contribution in [0.1, 0.15) is 29.8 Å². The Kier molecular flexibility index (Phi) is 7.45. The minimum atomic E-state index is -0.732. The largest absolute Gasteiger partial charge is 0.484 e. The van der Waals surface area contributed by atoms with Crippen molar-refractivity contribution in [3.8, 4) is 5.75 Å². The van der Waals surface area contributed by atoms with Crippen molar-refractivity contribution in [2.75, 3.05) is 23.4 Å². The van der Waals surface area contributed by atoms with Crippen molar-refractivity contribution in [1.82, 2.24) is 5.32 Å². The molecule has 0 fully saturated rings. The second-order valence-corrected chi connectivity index (χ2v) is 8.79. The van der Waals surface area contributed by atoms with E-state index in [1.54, 1.807) is 41.3 Å². The van der Waals surface area contributed by atoms with Crippen LogP contribution in [0.25, 0.3) is 0 Å². The zero-order valence-corrected chi connectivity index (χ0v) is 19.9. The number of rotatable bonds is 8. The van der Waals surface area contributed by atoms with Gasteiger partial charge in [-0.3, -0.25) is 14.4 Å². The number of carbonyl (C=O) groups is 3. The highest BCUT2D eigenvalue weighted by atomic mass is 16.5. The standard InChI is InChI=1S/C28H29N3O4/c1-19(2)26(30-25(32)18-35-23-9-4-3-5-10-23)27(33)29-22-14-12-21(13-15-22)28(34)31-17-16-20-8-6-7-11-24(20)31/h3-15,19,26H,16-18H2,1-2H3,(H,29,33)(H,30,32). The molecule has 180 valence electrons. The maximum Gasteiger partial charge on any atom is 0.258 e. The van der Waals surface area contributed by atoms with Gasteiger partial charge in [-0.2, -0.15) is 0 Å². The first-order valence-electron chi connectivity index (χ1n) is 11.7. The van der Waals surface area contributed by atoms with Crippen LogP contribution in [0.2, 0.25) is 0 Å². The normalized spacial score (nSPS) is 13.2. The average Bonchev–Trinajstić information content (AvgIpc) is 3.30. The Morgan fingerprint density at radius 3 is 2.31 bits per heavy atom. The number of hydrogen-bond donors (Lipinski definition) is 2. The molecule has 0 radical (unpaired) electrons. The van der Waals surface area contributed by atoms with Gasteiger partial charge in [0.2, 0.25) is 5.91 Å². The van der Waals surface area contributed by atoms with Gasteiger partial charge < -0.3 is 20.3 Å². The van der Waals surface area contributed by atoms with Gasteiger partial charge in [0.15, 0.2) is 6.61 Å². The van der Waals surface area contributed by atoms with Gasteiger partial charge in [0, 0.05) is 23.5 Å². The first-order valence-corrected chi connectivity index (χ1v) is 11.7. The fourth-order valence-corrected chi connectivity index (χ4v) is 4.04. The highest BCUT2D eigenvalue weighted by molar-refractivity contribution is 6.07. The summed E-state index contributed by atoms with van der Waals surface area (Å²) >= 11 is 0. The molecule has 0 aliphatic carbocycles. The van der Waals surface area contributed by atoms with E-state index in [-0.39, 0.29) is 30.2 Å². The number of fused-ring (bicyclic) bond motifs is 1. The number of amides is 3. The Morgan fingerprint density at radius 1 is 0.914 bits per heavy atom. The first-order chi connectivity index (χ1) is 16.9. The van der Waals surface area contributed by atoms with E-state index in [0.29, 0.717) is 23.5 Å². The molecule has 2 N–H and O–H groups in total. The van der Waals surface area contributed by atoms with E-state index < -0.39 is 6.04 Å². The van der Waals surface area contributed by atoms with E-state index in [4.69, 9.17) is 4.74 Å². The summed E-state index contributed by atoms with van der Waals surface area (Å²) in [6, 6.07) is 23.0. The van der Waals surface area contributed by atoms with E-state index in [1.807, 2.05) is 56.3 Å². The lowest BCUT2D eigenvalue weighted by molar-refractivity contribution is -0.128. The third-order valence-electron chi connectivity index (χ3n) is 5.91. The van der Waals surface area contributed by atoms with Crippen LogP contribution >= 0.6 is 0 Å². The van der Waals surface area contributed by atoms with Gasteiger partial charge in [-0.05, 0) is 60.4 Å². The van der Waals surface area contributed by atoms with Gasteiger partial charge in [-0.1, -0.05) is 50.2 Å². The SMILES string of the molecule is CC(C)C(NC(=O)COc1ccccc1)C(=O)Nc1ccc(C(=O)N2CCc3ccccc32)cc1. The molecule has 7 nitrogen and oxygen atoms in total. The topological polar surface area (TPSA) is 87.7 Å². The smallest absolute Gasteiger partial charge is 0.258 e. The van der Waals surface area contributed by atoms with Gasteiger partial charge in [-0.25, -0.2) is 0 Å². The number of ether oxygens (including phenoxy) is 1. The molecule has 3 amide bonds. The predicted molar refractivity (Wildman–Crippen MR) is 136 cm³/mol. The van der Waals surface area contributed by atoms with E-state index >= 15 is 0 Å². The summed E-state index contributed by atoms with van der Waals surface area (Å²) in [6.07, 6.45) is 0.842. The zero-order valence-electron chi connectivity index (χ0n) is 19.9. The molecule has 3 aromatic carbocycles. The molecule has 3 aromatic rings.